The Morgan fingerprint density at radius 1 is 1.77 bits per heavy atom. The van der Waals surface area contributed by atoms with Crippen molar-refractivity contribution in [3.63, 3.8) is 0 Å². The quantitative estimate of drug-likeness (QED) is 0.646. The van der Waals surface area contributed by atoms with Crippen LogP contribution < -0.4 is 0 Å². The molecule has 0 aromatic carbocycles. The van der Waals surface area contributed by atoms with Gasteiger partial charge in [0.2, 0.25) is 0 Å². The zero-order chi connectivity index (χ0) is 9.68. The van der Waals surface area contributed by atoms with Gasteiger partial charge in [-0.15, -0.1) is 0 Å². The number of aliphatic hydroxyl groups excluding tert-OH is 1. The molecule has 0 aromatic heterocycles. The minimum atomic E-state index is -0.429. The topological polar surface area (TPSA) is 55.8 Å². The van der Waals surface area contributed by atoms with Gasteiger partial charge in [-0.1, -0.05) is 0 Å². The van der Waals surface area contributed by atoms with Crippen molar-refractivity contribution in [3.05, 3.63) is 0 Å². The zero-order valence-corrected chi connectivity index (χ0v) is 7.86. The maximum absolute atomic E-state index is 10.8. The van der Waals surface area contributed by atoms with Crippen LogP contribution in [0.1, 0.15) is 19.3 Å². The summed E-state index contributed by atoms with van der Waals surface area (Å²) in [6, 6.07) is 0. The molecular weight excluding hydrogens is 172 g/mol. The summed E-state index contributed by atoms with van der Waals surface area (Å²) in [5.41, 5.74) is 0. The molecule has 1 N–H and O–H groups in total. The minimum Gasteiger partial charge on any atom is -0.469 e. The Balaban J connectivity index is 2.16. The highest BCUT2D eigenvalue weighted by Crippen LogP contribution is 2.19. The van der Waals surface area contributed by atoms with Crippen molar-refractivity contribution in [3.8, 4) is 0 Å². The zero-order valence-electron chi connectivity index (χ0n) is 7.86. The molecule has 0 aliphatic carbocycles. The molecule has 4 heteroatoms. The molecular formula is C9H16O4. The molecule has 4 nitrogen and oxygen atoms in total. The Morgan fingerprint density at radius 2 is 2.54 bits per heavy atom. The van der Waals surface area contributed by atoms with Crippen LogP contribution in [0.3, 0.4) is 0 Å². The number of ether oxygens (including phenoxy) is 2. The van der Waals surface area contributed by atoms with E-state index < -0.39 is 6.10 Å². The first kappa shape index (κ1) is 10.5. The Morgan fingerprint density at radius 3 is 3.08 bits per heavy atom. The lowest BCUT2D eigenvalue weighted by Gasteiger charge is -2.15. The fourth-order valence-corrected chi connectivity index (χ4v) is 1.46. The molecule has 2 atom stereocenters. The predicted molar refractivity (Wildman–Crippen MR) is 46.2 cm³/mol. The van der Waals surface area contributed by atoms with Crippen LogP contribution in [-0.2, 0) is 14.3 Å². The largest absolute Gasteiger partial charge is 0.469 e. The monoisotopic (exact) mass is 188 g/mol. The number of esters is 1. The smallest absolute Gasteiger partial charge is 0.305 e. The number of carbonyl (C=O) groups is 1. The average molecular weight is 188 g/mol. The van der Waals surface area contributed by atoms with E-state index in [4.69, 9.17) is 4.74 Å². The van der Waals surface area contributed by atoms with Gasteiger partial charge in [-0.05, 0) is 12.8 Å². The van der Waals surface area contributed by atoms with Crippen LogP contribution in [0.15, 0.2) is 0 Å². The van der Waals surface area contributed by atoms with Gasteiger partial charge in [0.05, 0.1) is 19.8 Å². The van der Waals surface area contributed by atoms with E-state index in [1.54, 1.807) is 0 Å². The molecule has 0 aromatic rings. The van der Waals surface area contributed by atoms with Gasteiger partial charge < -0.3 is 14.6 Å². The highest BCUT2D eigenvalue weighted by atomic mass is 16.5. The first-order chi connectivity index (χ1) is 6.24. The van der Waals surface area contributed by atoms with E-state index in [2.05, 4.69) is 4.74 Å². The molecule has 0 spiro atoms. The van der Waals surface area contributed by atoms with Crippen LogP contribution in [0.2, 0.25) is 0 Å². The van der Waals surface area contributed by atoms with Crippen molar-refractivity contribution in [2.75, 3.05) is 20.3 Å². The van der Waals surface area contributed by atoms with Gasteiger partial charge in [-0.2, -0.15) is 0 Å². The number of aliphatic hydroxyl groups is 1. The Hall–Kier alpha value is -0.610. The van der Waals surface area contributed by atoms with Gasteiger partial charge in [0.15, 0.2) is 0 Å². The molecule has 13 heavy (non-hydrogen) atoms. The lowest BCUT2D eigenvalue weighted by Crippen LogP contribution is -2.21. The number of hydrogen-bond donors (Lipinski definition) is 1. The second-order valence-electron chi connectivity index (χ2n) is 3.31. The molecule has 1 aliphatic rings. The van der Waals surface area contributed by atoms with Gasteiger partial charge in [0, 0.05) is 18.9 Å². The van der Waals surface area contributed by atoms with Gasteiger partial charge in [0.25, 0.3) is 0 Å². The average Bonchev–Trinajstić information content (AvgIpc) is 2.66. The standard InChI is InChI=1S/C9H16O4/c1-12-9(11)3-2-8(10)7-4-5-13-6-7/h7-8,10H,2-6H2,1H3. The molecule has 0 saturated carbocycles. The summed E-state index contributed by atoms with van der Waals surface area (Å²) in [4.78, 5) is 10.8. The summed E-state index contributed by atoms with van der Waals surface area (Å²) >= 11 is 0. The highest BCUT2D eigenvalue weighted by molar-refractivity contribution is 5.69. The van der Waals surface area contributed by atoms with E-state index in [-0.39, 0.29) is 18.3 Å². The van der Waals surface area contributed by atoms with E-state index in [1.165, 1.54) is 7.11 Å². The molecule has 1 saturated heterocycles. The molecule has 1 fully saturated rings. The molecule has 0 amide bonds. The second-order valence-corrected chi connectivity index (χ2v) is 3.31. The summed E-state index contributed by atoms with van der Waals surface area (Å²) in [5, 5.41) is 9.61. The molecule has 1 heterocycles. The number of methoxy groups -OCH3 is 1. The normalized spacial score (nSPS) is 24.3. The van der Waals surface area contributed by atoms with Crippen molar-refractivity contribution in [2.45, 2.75) is 25.4 Å². The van der Waals surface area contributed by atoms with E-state index in [0.717, 1.165) is 13.0 Å². The summed E-state index contributed by atoms with van der Waals surface area (Å²) in [7, 11) is 1.35. The second kappa shape index (κ2) is 5.19. The third kappa shape index (κ3) is 3.32. The number of carbonyl (C=O) groups excluding carboxylic acids is 1. The maximum Gasteiger partial charge on any atom is 0.305 e. The Kier molecular flexibility index (Phi) is 4.18. The SMILES string of the molecule is COC(=O)CCC(O)C1CCOC1. The van der Waals surface area contributed by atoms with Crippen molar-refractivity contribution in [2.24, 2.45) is 5.92 Å². The molecule has 76 valence electrons. The van der Waals surface area contributed by atoms with E-state index in [0.29, 0.717) is 13.0 Å². The summed E-state index contributed by atoms with van der Waals surface area (Å²) in [6.45, 7) is 1.34. The fourth-order valence-electron chi connectivity index (χ4n) is 1.46. The Labute approximate surface area is 77.8 Å². The molecule has 0 bridgehead atoms. The third-order valence-corrected chi connectivity index (χ3v) is 2.38. The molecule has 2 unspecified atom stereocenters. The van der Waals surface area contributed by atoms with Crippen molar-refractivity contribution < 1.29 is 19.4 Å². The first-order valence-electron chi connectivity index (χ1n) is 4.56. The molecule has 1 rings (SSSR count). The van der Waals surface area contributed by atoms with E-state index in [9.17, 15) is 9.90 Å². The summed E-state index contributed by atoms with van der Waals surface area (Å²) < 4.78 is 9.62. The van der Waals surface area contributed by atoms with Crippen molar-refractivity contribution >= 4 is 5.97 Å². The lowest BCUT2D eigenvalue weighted by molar-refractivity contribution is -0.141. The maximum atomic E-state index is 10.8. The van der Waals surface area contributed by atoms with Crippen LogP contribution in [0, 0.1) is 5.92 Å². The third-order valence-electron chi connectivity index (χ3n) is 2.38. The molecule has 1 aliphatic heterocycles. The highest BCUT2D eigenvalue weighted by Gasteiger charge is 2.24. The predicted octanol–water partition coefficient (Wildman–Crippen LogP) is 0.337. The van der Waals surface area contributed by atoms with Crippen LogP contribution in [0.25, 0.3) is 0 Å². The van der Waals surface area contributed by atoms with E-state index in [1.807, 2.05) is 0 Å². The molecule has 0 radical (unpaired) electrons. The Bertz CT molecular complexity index is 163. The van der Waals surface area contributed by atoms with Crippen LogP contribution in [-0.4, -0.2) is 37.5 Å². The first-order valence-corrected chi connectivity index (χ1v) is 4.56. The minimum absolute atomic E-state index is 0.199. The summed E-state index contributed by atoms with van der Waals surface area (Å²) in [6.07, 6.45) is 1.22. The summed E-state index contributed by atoms with van der Waals surface area (Å²) in [5.74, 6) is -0.0670. The van der Waals surface area contributed by atoms with Crippen LogP contribution in [0.5, 0.6) is 0 Å². The van der Waals surface area contributed by atoms with Gasteiger partial charge in [-0.25, -0.2) is 0 Å². The van der Waals surface area contributed by atoms with Gasteiger partial charge in [-0.3, -0.25) is 4.79 Å². The van der Waals surface area contributed by atoms with Crippen LogP contribution in [0.4, 0.5) is 0 Å². The number of hydrogen-bond acceptors (Lipinski definition) is 4. The van der Waals surface area contributed by atoms with Gasteiger partial charge in [0.1, 0.15) is 0 Å². The van der Waals surface area contributed by atoms with Crippen molar-refractivity contribution in [1.29, 1.82) is 0 Å². The van der Waals surface area contributed by atoms with Crippen molar-refractivity contribution in [1.82, 2.24) is 0 Å². The lowest BCUT2D eigenvalue weighted by atomic mass is 9.98. The van der Waals surface area contributed by atoms with Crippen LogP contribution >= 0.6 is 0 Å². The van der Waals surface area contributed by atoms with E-state index >= 15 is 0 Å². The van der Waals surface area contributed by atoms with Gasteiger partial charge >= 0.3 is 5.97 Å². The fraction of sp³-hybridized carbons (Fsp3) is 0.889. The number of rotatable bonds is 4.